The summed E-state index contributed by atoms with van der Waals surface area (Å²) in [4.78, 5) is 19.9. The highest BCUT2D eigenvalue weighted by molar-refractivity contribution is 5.85. The number of nitrogens with zero attached hydrogens (tertiary/aromatic N) is 4. The fourth-order valence-corrected chi connectivity index (χ4v) is 4.15. The van der Waals surface area contributed by atoms with Gasteiger partial charge in [-0.15, -0.1) is 12.4 Å². The first-order valence-electron chi connectivity index (χ1n) is 10.7. The standard InChI is InChI=1S/C23H26N6O2.ClH/c1-23(2,3)16-6-4-15(5-7-16)20-27-22(31-28-20)17-13-25-29-18(12-19(30)26-21(17)29)14-8-10-24-11-9-14;/h4-7,12-14,24H,8-11H2,1-3H3,(H,26,30);1H. The van der Waals surface area contributed by atoms with Gasteiger partial charge in [0, 0.05) is 17.5 Å². The molecule has 0 radical (unpaired) electrons. The number of aromatic amines is 1. The molecule has 5 rings (SSSR count). The minimum atomic E-state index is -0.153. The van der Waals surface area contributed by atoms with Crippen LogP contribution in [0.4, 0.5) is 0 Å². The van der Waals surface area contributed by atoms with Gasteiger partial charge in [0.05, 0.1) is 11.9 Å². The third-order valence-electron chi connectivity index (χ3n) is 5.96. The van der Waals surface area contributed by atoms with Crippen molar-refractivity contribution >= 4 is 18.1 Å². The summed E-state index contributed by atoms with van der Waals surface area (Å²) in [7, 11) is 0. The highest BCUT2D eigenvalue weighted by Gasteiger charge is 2.23. The van der Waals surface area contributed by atoms with E-state index in [9.17, 15) is 4.79 Å². The molecule has 1 aromatic carbocycles. The van der Waals surface area contributed by atoms with E-state index < -0.39 is 0 Å². The molecule has 0 unspecified atom stereocenters. The molecule has 0 bridgehead atoms. The molecule has 0 atom stereocenters. The van der Waals surface area contributed by atoms with Crippen LogP contribution in [0.15, 0.2) is 45.8 Å². The molecule has 8 nitrogen and oxygen atoms in total. The lowest BCUT2D eigenvalue weighted by atomic mass is 9.87. The van der Waals surface area contributed by atoms with Gasteiger partial charge in [0.25, 0.3) is 11.4 Å². The summed E-state index contributed by atoms with van der Waals surface area (Å²) >= 11 is 0. The zero-order valence-corrected chi connectivity index (χ0v) is 19.2. The molecule has 9 heteroatoms. The summed E-state index contributed by atoms with van der Waals surface area (Å²) in [5.74, 6) is 1.13. The molecular formula is C23H27ClN6O2. The van der Waals surface area contributed by atoms with E-state index in [1.807, 2.05) is 12.1 Å². The van der Waals surface area contributed by atoms with Gasteiger partial charge in [-0.1, -0.05) is 50.2 Å². The molecule has 4 heterocycles. The lowest BCUT2D eigenvalue weighted by Gasteiger charge is -2.23. The van der Waals surface area contributed by atoms with Crippen LogP contribution in [0.5, 0.6) is 0 Å². The lowest BCUT2D eigenvalue weighted by Crippen LogP contribution is -2.28. The highest BCUT2D eigenvalue weighted by atomic mass is 35.5. The summed E-state index contributed by atoms with van der Waals surface area (Å²) in [5.41, 5.74) is 4.17. The summed E-state index contributed by atoms with van der Waals surface area (Å²) in [6, 6.07) is 9.83. The third-order valence-corrected chi connectivity index (χ3v) is 5.96. The maximum Gasteiger partial charge on any atom is 0.263 e. The second-order valence-electron chi connectivity index (χ2n) is 9.15. The maximum absolute atomic E-state index is 12.4. The minimum Gasteiger partial charge on any atom is -0.333 e. The van der Waals surface area contributed by atoms with E-state index in [1.54, 1.807) is 16.8 Å². The molecular weight excluding hydrogens is 428 g/mol. The average Bonchev–Trinajstić information content (AvgIpc) is 3.40. The molecule has 168 valence electrons. The normalized spacial score (nSPS) is 15.1. The number of aromatic nitrogens is 5. The zero-order chi connectivity index (χ0) is 21.6. The summed E-state index contributed by atoms with van der Waals surface area (Å²) in [6.45, 7) is 8.41. The van der Waals surface area contributed by atoms with Crippen LogP contribution in [0, 0.1) is 0 Å². The second kappa shape index (κ2) is 8.52. The van der Waals surface area contributed by atoms with Crippen LogP contribution in [0.2, 0.25) is 0 Å². The summed E-state index contributed by atoms with van der Waals surface area (Å²) in [6.07, 6.45) is 3.63. The van der Waals surface area contributed by atoms with E-state index in [1.165, 1.54) is 5.56 Å². The van der Waals surface area contributed by atoms with E-state index >= 15 is 0 Å². The first kappa shape index (κ1) is 22.2. The number of hydrogen-bond donors (Lipinski definition) is 2. The lowest BCUT2D eigenvalue weighted by molar-refractivity contribution is 0.432. The number of halogens is 1. The molecule has 3 aromatic heterocycles. The van der Waals surface area contributed by atoms with Gasteiger partial charge in [0.15, 0.2) is 0 Å². The molecule has 32 heavy (non-hydrogen) atoms. The van der Waals surface area contributed by atoms with Crippen LogP contribution in [-0.2, 0) is 5.41 Å². The number of H-pyrrole nitrogens is 1. The molecule has 0 aliphatic carbocycles. The number of piperidine rings is 1. The van der Waals surface area contributed by atoms with E-state index in [0.717, 1.165) is 37.2 Å². The quantitative estimate of drug-likeness (QED) is 0.486. The molecule has 4 aromatic rings. The van der Waals surface area contributed by atoms with Crippen molar-refractivity contribution in [3.63, 3.8) is 0 Å². The highest BCUT2D eigenvalue weighted by Crippen LogP contribution is 2.29. The van der Waals surface area contributed by atoms with Crippen molar-refractivity contribution in [2.45, 2.75) is 44.9 Å². The molecule has 1 aliphatic rings. The van der Waals surface area contributed by atoms with Crippen molar-refractivity contribution in [1.82, 2.24) is 30.1 Å². The predicted octanol–water partition coefficient (Wildman–Crippen LogP) is 3.93. The smallest absolute Gasteiger partial charge is 0.263 e. The Bertz CT molecular complexity index is 1280. The summed E-state index contributed by atoms with van der Waals surface area (Å²) in [5, 5.41) is 12.0. The van der Waals surface area contributed by atoms with Crippen LogP contribution in [0.25, 0.3) is 28.5 Å². The first-order valence-corrected chi connectivity index (χ1v) is 10.7. The Hall–Kier alpha value is -2.97. The van der Waals surface area contributed by atoms with Crippen LogP contribution in [0.1, 0.15) is 50.8 Å². The fraction of sp³-hybridized carbons (Fsp3) is 0.391. The number of hydrogen-bond acceptors (Lipinski definition) is 6. The average molecular weight is 455 g/mol. The number of rotatable bonds is 3. The Morgan fingerprint density at radius 2 is 1.84 bits per heavy atom. The summed E-state index contributed by atoms with van der Waals surface area (Å²) < 4.78 is 7.35. The zero-order valence-electron chi connectivity index (χ0n) is 18.4. The van der Waals surface area contributed by atoms with Crippen molar-refractivity contribution in [1.29, 1.82) is 0 Å². The third kappa shape index (κ3) is 4.08. The van der Waals surface area contributed by atoms with Crippen molar-refractivity contribution in [3.8, 4) is 22.8 Å². The van der Waals surface area contributed by atoms with E-state index in [0.29, 0.717) is 28.8 Å². The van der Waals surface area contributed by atoms with Crippen molar-refractivity contribution in [2.75, 3.05) is 13.1 Å². The van der Waals surface area contributed by atoms with Crippen molar-refractivity contribution in [2.24, 2.45) is 0 Å². The van der Waals surface area contributed by atoms with Crippen LogP contribution >= 0.6 is 12.4 Å². The van der Waals surface area contributed by atoms with Gasteiger partial charge in [-0.05, 0) is 36.9 Å². The Kier molecular flexibility index (Phi) is 5.92. The molecule has 0 amide bonds. The Morgan fingerprint density at radius 3 is 2.53 bits per heavy atom. The Balaban J connectivity index is 0.00000245. The van der Waals surface area contributed by atoms with Gasteiger partial charge in [-0.3, -0.25) is 4.79 Å². The minimum absolute atomic E-state index is 0. The molecule has 1 saturated heterocycles. The van der Waals surface area contributed by atoms with Gasteiger partial charge >= 0.3 is 0 Å². The van der Waals surface area contributed by atoms with Crippen LogP contribution in [-0.4, -0.2) is 37.8 Å². The van der Waals surface area contributed by atoms with Gasteiger partial charge in [0.2, 0.25) is 5.82 Å². The fourth-order valence-electron chi connectivity index (χ4n) is 4.15. The molecule has 1 fully saturated rings. The molecule has 0 saturated carbocycles. The van der Waals surface area contributed by atoms with Gasteiger partial charge < -0.3 is 14.8 Å². The van der Waals surface area contributed by atoms with Gasteiger partial charge in [-0.2, -0.15) is 10.1 Å². The molecule has 1 aliphatic heterocycles. The van der Waals surface area contributed by atoms with Crippen LogP contribution in [0.3, 0.4) is 0 Å². The SMILES string of the molecule is CC(C)(C)c1ccc(-c2noc(-c3cnn4c(C5CCNCC5)cc(=O)[nH]c34)n2)cc1.Cl. The van der Waals surface area contributed by atoms with E-state index in [2.05, 4.69) is 58.4 Å². The topological polar surface area (TPSA) is 101 Å². The van der Waals surface area contributed by atoms with E-state index in [-0.39, 0.29) is 23.4 Å². The predicted molar refractivity (Wildman–Crippen MR) is 125 cm³/mol. The Labute approximate surface area is 191 Å². The largest absolute Gasteiger partial charge is 0.333 e. The van der Waals surface area contributed by atoms with E-state index in [4.69, 9.17) is 4.52 Å². The number of fused-ring (bicyclic) bond motifs is 1. The van der Waals surface area contributed by atoms with Crippen LogP contribution < -0.4 is 10.9 Å². The number of benzene rings is 1. The van der Waals surface area contributed by atoms with Crippen molar-refractivity contribution < 1.29 is 4.52 Å². The molecule has 0 spiro atoms. The maximum atomic E-state index is 12.4. The monoisotopic (exact) mass is 454 g/mol. The second-order valence-corrected chi connectivity index (χ2v) is 9.15. The van der Waals surface area contributed by atoms with Crippen molar-refractivity contribution in [3.05, 3.63) is 58.1 Å². The Morgan fingerprint density at radius 1 is 1.12 bits per heavy atom. The number of nitrogens with one attached hydrogen (secondary N) is 2. The van der Waals surface area contributed by atoms with Gasteiger partial charge in [-0.25, -0.2) is 4.52 Å². The molecule has 2 N–H and O–H groups in total. The van der Waals surface area contributed by atoms with Gasteiger partial charge in [0.1, 0.15) is 11.2 Å². The first-order chi connectivity index (χ1) is 14.9.